The van der Waals surface area contributed by atoms with Crippen molar-refractivity contribution < 1.29 is 41.8 Å². The van der Waals surface area contributed by atoms with E-state index in [2.05, 4.69) is 10.3 Å². The Kier molecular flexibility index (Phi) is 12.8. The smallest absolute Gasteiger partial charge is 0.407 e. The molecule has 14 heteroatoms. The van der Waals surface area contributed by atoms with Gasteiger partial charge in [-0.1, -0.05) is 12.1 Å². The number of rotatable bonds is 16. The van der Waals surface area contributed by atoms with Crippen molar-refractivity contribution >= 4 is 28.7 Å². The zero-order valence-corrected chi connectivity index (χ0v) is 27.3. The summed E-state index contributed by atoms with van der Waals surface area (Å²) >= 11 is 0. The highest BCUT2D eigenvalue weighted by molar-refractivity contribution is 5.89. The first kappa shape index (κ1) is 36.5. The maximum Gasteiger partial charge on any atom is 0.407 e. The first-order chi connectivity index (χ1) is 23.4. The van der Waals surface area contributed by atoms with Gasteiger partial charge in [0.2, 0.25) is 5.91 Å². The van der Waals surface area contributed by atoms with Crippen LogP contribution in [0.5, 0.6) is 5.75 Å². The Labute approximate surface area is 280 Å². The van der Waals surface area contributed by atoms with Gasteiger partial charge in [-0.15, -0.1) is 0 Å². The van der Waals surface area contributed by atoms with E-state index in [9.17, 15) is 32.3 Å². The van der Waals surface area contributed by atoms with Crippen LogP contribution in [0.25, 0.3) is 10.9 Å². The van der Waals surface area contributed by atoms with Gasteiger partial charge >= 0.3 is 6.09 Å². The van der Waals surface area contributed by atoms with Crippen LogP contribution in [-0.2, 0) is 38.6 Å². The van der Waals surface area contributed by atoms with Crippen LogP contribution in [0.2, 0.25) is 0 Å². The van der Waals surface area contributed by atoms with E-state index in [1.54, 1.807) is 32.3 Å². The van der Waals surface area contributed by atoms with Crippen LogP contribution >= 0.6 is 0 Å². The second kappa shape index (κ2) is 17.2. The minimum atomic E-state index is -1.01. The number of alkyl carbamates (subject to hydrolysis) is 1. The van der Waals surface area contributed by atoms with E-state index < -0.39 is 40.9 Å². The second-order valence-electron chi connectivity index (χ2n) is 11.3. The number of halogens is 3. The van der Waals surface area contributed by atoms with Crippen LogP contribution in [0.15, 0.2) is 71.7 Å². The molecule has 0 bridgehead atoms. The molecule has 4 aromatic rings. The maximum absolute atomic E-state index is 14.5. The fourth-order valence-corrected chi connectivity index (χ4v) is 4.88. The Morgan fingerprint density at radius 3 is 2.55 bits per heavy atom. The number of aromatic amines is 1. The van der Waals surface area contributed by atoms with Crippen molar-refractivity contribution in [2.24, 2.45) is 0 Å². The molecule has 2 heterocycles. The molecule has 11 nitrogen and oxygen atoms in total. The quantitative estimate of drug-likeness (QED) is 0.130. The molecule has 0 aliphatic heterocycles. The van der Waals surface area contributed by atoms with Crippen molar-refractivity contribution in [2.45, 2.75) is 38.5 Å². The summed E-state index contributed by atoms with van der Waals surface area (Å²) in [5.74, 6) is -2.71. The average Bonchev–Trinajstić information content (AvgIpc) is 3.46. The molecule has 0 unspecified atom stereocenters. The number of aromatic nitrogens is 2. The number of benzene rings is 2. The number of hydrogen-bond acceptors (Lipinski definition) is 7. The van der Waals surface area contributed by atoms with Gasteiger partial charge < -0.3 is 34.0 Å². The normalized spacial score (nSPS) is 11.9. The molecule has 2 amide bonds. The number of nitrogens with one attached hydrogen (secondary N) is 2. The Morgan fingerprint density at radius 2 is 1.82 bits per heavy atom. The molecule has 2 N–H and O–H groups in total. The van der Waals surface area contributed by atoms with E-state index in [4.69, 9.17) is 14.2 Å². The van der Waals surface area contributed by atoms with Crippen LogP contribution in [0.3, 0.4) is 0 Å². The zero-order valence-electron chi connectivity index (χ0n) is 27.3. The number of carbonyl (C=O) groups excluding carboxylic acids is 3. The predicted molar refractivity (Wildman–Crippen MR) is 175 cm³/mol. The lowest BCUT2D eigenvalue weighted by molar-refractivity contribution is -0.123. The van der Waals surface area contributed by atoms with Gasteiger partial charge in [0.25, 0.3) is 5.56 Å². The Bertz CT molecular complexity index is 1890. The molecule has 260 valence electrons. The number of ether oxygens (including phenoxy) is 3. The summed E-state index contributed by atoms with van der Waals surface area (Å²) in [4.78, 5) is 55.5. The molecular weight excluding hydrogens is 645 g/mol. The first-order valence-electron chi connectivity index (χ1n) is 15.3. The minimum Gasteiger partial charge on any atom is -0.486 e. The van der Waals surface area contributed by atoms with Gasteiger partial charge in [-0.2, -0.15) is 0 Å². The van der Waals surface area contributed by atoms with Crippen LogP contribution in [0.4, 0.5) is 18.0 Å². The van der Waals surface area contributed by atoms with E-state index in [1.165, 1.54) is 47.0 Å². The summed E-state index contributed by atoms with van der Waals surface area (Å²) in [5.41, 5.74) is 0.729. The number of ketones is 1. The summed E-state index contributed by atoms with van der Waals surface area (Å²) in [6.45, 7) is -0.105. The molecule has 0 radical (unpaired) electrons. The van der Waals surface area contributed by atoms with E-state index in [0.29, 0.717) is 23.0 Å². The second-order valence-corrected chi connectivity index (χ2v) is 11.3. The first-order valence-corrected chi connectivity index (χ1v) is 15.3. The Balaban J connectivity index is 1.49. The summed E-state index contributed by atoms with van der Waals surface area (Å²) in [6, 6.07) is 9.23. The minimum absolute atomic E-state index is 0.0231. The van der Waals surface area contributed by atoms with Gasteiger partial charge in [-0.25, -0.2) is 18.0 Å². The molecule has 2 aromatic carbocycles. The van der Waals surface area contributed by atoms with Crippen molar-refractivity contribution in [3.05, 3.63) is 112 Å². The lowest BCUT2D eigenvalue weighted by Crippen LogP contribution is -2.42. The molecule has 1 atom stereocenters. The van der Waals surface area contributed by atoms with E-state index in [0.717, 1.165) is 18.2 Å². The van der Waals surface area contributed by atoms with Gasteiger partial charge in [-0.05, 0) is 49.2 Å². The molecule has 2 aromatic heterocycles. The van der Waals surface area contributed by atoms with E-state index in [-0.39, 0.29) is 62.0 Å². The highest BCUT2D eigenvalue weighted by atomic mass is 19.1. The number of methoxy groups -OCH3 is 1. The van der Waals surface area contributed by atoms with Crippen molar-refractivity contribution in [1.29, 1.82) is 0 Å². The van der Waals surface area contributed by atoms with Crippen LogP contribution < -0.4 is 15.6 Å². The molecular formula is C35H37F3N4O7. The topological polar surface area (TPSA) is 132 Å². The summed E-state index contributed by atoms with van der Waals surface area (Å²) in [5, 5.41) is 2.98. The largest absolute Gasteiger partial charge is 0.486 e. The molecule has 0 fully saturated rings. The molecule has 0 saturated heterocycles. The number of carbonyl (C=O) groups is 3. The van der Waals surface area contributed by atoms with E-state index >= 15 is 0 Å². The third-order valence-electron chi connectivity index (χ3n) is 7.44. The van der Waals surface area contributed by atoms with Gasteiger partial charge in [0.05, 0.1) is 24.7 Å². The number of H-pyrrole nitrogens is 1. The number of likely N-dealkylation sites (N-methyl/N-ethyl adjacent to an activating group) is 1. The number of amides is 2. The molecule has 4 rings (SSSR count). The average molecular weight is 683 g/mol. The third kappa shape index (κ3) is 10.3. The monoisotopic (exact) mass is 682 g/mol. The molecule has 0 aliphatic rings. The molecule has 0 spiro atoms. The molecule has 49 heavy (non-hydrogen) atoms. The fraction of sp³-hybridized carbons (Fsp3) is 0.314. The van der Waals surface area contributed by atoms with Crippen molar-refractivity contribution in [1.82, 2.24) is 19.8 Å². The van der Waals surface area contributed by atoms with Gasteiger partial charge in [0.1, 0.15) is 36.4 Å². The predicted octanol–water partition coefficient (Wildman–Crippen LogP) is 4.65. The van der Waals surface area contributed by atoms with Crippen molar-refractivity contribution in [3.63, 3.8) is 0 Å². The lowest BCUT2D eigenvalue weighted by Gasteiger charge is -2.17. The highest BCUT2D eigenvalue weighted by Crippen LogP contribution is 2.29. The number of nitrogens with zero attached hydrogens (tertiary/aromatic N) is 2. The lowest BCUT2D eigenvalue weighted by atomic mass is 10.0. The van der Waals surface area contributed by atoms with Crippen LogP contribution in [0.1, 0.15) is 29.7 Å². The number of allylic oxidation sites excluding steroid dienone is 1. The van der Waals surface area contributed by atoms with Crippen molar-refractivity contribution in [3.8, 4) is 5.75 Å². The Hall–Kier alpha value is -5.37. The third-order valence-corrected chi connectivity index (χ3v) is 7.44. The number of Topliss-reactive ketones (excluding diaryl/α,β-unsaturated/α-hetero) is 1. The number of fused-ring (bicyclic) bond motifs is 1. The maximum atomic E-state index is 14.5. The number of hydrogen-bond donors (Lipinski definition) is 2. The summed E-state index contributed by atoms with van der Waals surface area (Å²) < 4.78 is 58.8. The SMILES string of the molecule is COCCOC(=O)N[C@@H](CC/C=C/C(=O)N(C)C)C(=O)Cc1cccn(Cc2cc3cc(F)cc(OCc4ccc(F)cc4F)c3[nH]2)c1=O. The highest BCUT2D eigenvalue weighted by Gasteiger charge is 2.23. The van der Waals surface area contributed by atoms with Gasteiger partial charge in [-0.3, -0.25) is 14.4 Å². The summed E-state index contributed by atoms with van der Waals surface area (Å²) in [6.07, 6.45) is 3.83. The Morgan fingerprint density at radius 1 is 1.02 bits per heavy atom. The standard InChI is InChI=1S/C35H37F3N4O7/c1-41(2)32(44)9-5-4-8-29(40-35(46)48-14-13-47-3)30(43)17-22-7-6-12-42(34(22)45)20-27-16-24-15-26(37)19-31(33(24)39-27)49-21-23-10-11-25(36)18-28(23)38/h5-7,9-12,15-16,18-19,29,39H,4,8,13-14,17,20-21H2,1-3H3,(H,40,46)/b9-5+/t29-/m0/s1. The fourth-order valence-electron chi connectivity index (χ4n) is 4.88. The zero-order chi connectivity index (χ0) is 35.5. The van der Waals surface area contributed by atoms with Crippen LogP contribution in [0, 0.1) is 17.5 Å². The van der Waals surface area contributed by atoms with Gasteiger partial charge in [0, 0.05) is 68.2 Å². The van der Waals surface area contributed by atoms with Gasteiger partial charge in [0.15, 0.2) is 5.78 Å². The molecule has 0 aliphatic carbocycles. The summed E-state index contributed by atoms with van der Waals surface area (Å²) in [7, 11) is 4.66. The van der Waals surface area contributed by atoms with Crippen molar-refractivity contribution in [2.75, 3.05) is 34.4 Å². The van der Waals surface area contributed by atoms with Crippen LogP contribution in [-0.4, -0.2) is 72.7 Å². The molecule has 0 saturated carbocycles. The number of pyridine rings is 1. The van der Waals surface area contributed by atoms with E-state index in [1.807, 2.05) is 0 Å².